The molecule has 0 aliphatic carbocycles. The molecule has 19 heteroatoms. The van der Waals surface area contributed by atoms with Crippen LogP contribution in [-0.2, 0) is 30.6 Å². The predicted molar refractivity (Wildman–Crippen MR) is 161 cm³/mol. The number of carbonyl (C=O) groups is 1. The molecule has 4 aromatic rings. The van der Waals surface area contributed by atoms with Gasteiger partial charge in [0.05, 0.1) is 19.0 Å². The zero-order valence-electron chi connectivity index (χ0n) is 24.4. The number of anilines is 1. The van der Waals surface area contributed by atoms with Gasteiger partial charge in [-0.1, -0.05) is 36.4 Å². The summed E-state index contributed by atoms with van der Waals surface area (Å²) in [5.41, 5.74) is 0.327. The molecule has 13 nitrogen and oxygen atoms in total. The molecule has 3 heterocycles. The molecule has 1 saturated heterocycles. The lowest BCUT2D eigenvalue weighted by molar-refractivity contribution is -0.191. The first-order valence-corrected chi connectivity index (χ1v) is 16.4. The number of nitrogens with one attached hydrogen (secondary N) is 2. The van der Waals surface area contributed by atoms with Gasteiger partial charge in [0.25, 0.3) is 12.0 Å². The molecule has 2 aromatic heterocycles. The van der Waals surface area contributed by atoms with E-state index in [1.54, 1.807) is 50.2 Å². The topological polar surface area (TPSA) is 176 Å². The number of alkyl halides is 4. The van der Waals surface area contributed by atoms with E-state index in [4.69, 9.17) is 36.1 Å². The van der Waals surface area contributed by atoms with Gasteiger partial charge in [-0.2, -0.15) is 13.8 Å². The van der Waals surface area contributed by atoms with E-state index in [9.17, 15) is 23.5 Å². The number of fused-ring (bicyclic) bond motifs is 2. The minimum Gasteiger partial charge on any atom is -0.462 e. The Labute approximate surface area is 263 Å². The maximum Gasteiger partial charge on any atom is 0.323 e. The third-order valence-electron chi connectivity index (χ3n) is 7.05. The zero-order valence-corrected chi connectivity index (χ0v) is 26.1. The maximum absolute atomic E-state index is 15.6. The number of H-pyrrole nitrogens is 1. The molecular formula is C27H29F4N6O7PS. The Morgan fingerprint density at radius 1 is 1.24 bits per heavy atom. The Bertz CT molecular complexity index is 1870. The number of aliphatic hydroxyl groups excluding tert-OH is 1. The van der Waals surface area contributed by atoms with E-state index < -0.39 is 84.3 Å². The lowest BCUT2D eigenvalue weighted by atomic mass is 9.96. The quantitative estimate of drug-likeness (QED) is 0.102. The first kappa shape index (κ1) is 33.7. The molecule has 5 rings (SSSR count). The molecule has 0 radical (unpaired) electrons. The number of aromatic amines is 1. The lowest BCUT2D eigenvalue weighted by Gasteiger charge is -2.34. The number of hydrogen-bond donors (Lipinski definition) is 4. The van der Waals surface area contributed by atoms with Crippen molar-refractivity contribution in [1.82, 2.24) is 24.6 Å². The van der Waals surface area contributed by atoms with Crippen molar-refractivity contribution in [2.75, 3.05) is 12.3 Å². The highest BCUT2D eigenvalue weighted by atomic mass is 32.5. The Balaban J connectivity index is 1.51. The standard InChI is InChI=1S/C27H29F4N6O7PS/c1-13(2)42-21(39)14(3)36-45(46,44-17-10-6-8-15-7-4-5-9-16(15)17)41-11-26(23(28)29)22(40)27(30,31)24(43-26)37-12-33-18-19(37)34-25(32)35-20(18)38/h4-10,12-14,22-24,40H,11H2,1-3H3,(H,36,46)(H3,32,34,35,38). The highest BCUT2D eigenvalue weighted by Crippen LogP contribution is 2.54. The summed E-state index contributed by atoms with van der Waals surface area (Å²) >= 11 is 5.62. The van der Waals surface area contributed by atoms with Crippen LogP contribution in [0.4, 0.5) is 23.5 Å². The van der Waals surface area contributed by atoms with Crippen molar-refractivity contribution >= 4 is 52.3 Å². The first-order valence-electron chi connectivity index (χ1n) is 13.7. The molecule has 46 heavy (non-hydrogen) atoms. The van der Waals surface area contributed by atoms with Crippen LogP contribution in [0.5, 0.6) is 5.75 Å². The van der Waals surface area contributed by atoms with Crippen LogP contribution in [-0.4, -0.2) is 73.4 Å². The van der Waals surface area contributed by atoms with Gasteiger partial charge in [-0.15, -0.1) is 0 Å². The van der Waals surface area contributed by atoms with Gasteiger partial charge in [0.2, 0.25) is 12.2 Å². The molecule has 0 spiro atoms. The van der Waals surface area contributed by atoms with Crippen LogP contribution in [0.15, 0.2) is 53.6 Å². The molecule has 0 saturated carbocycles. The van der Waals surface area contributed by atoms with E-state index in [1.807, 2.05) is 0 Å². The van der Waals surface area contributed by atoms with Gasteiger partial charge in [-0.05, 0) is 44.0 Å². The number of imidazole rings is 1. The fourth-order valence-corrected chi connectivity index (χ4v) is 7.24. The third-order valence-corrected chi connectivity index (χ3v) is 9.51. The molecule has 2 aromatic carbocycles. The van der Waals surface area contributed by atoms with Crippen molar-refractivity contribution < 1.29 is 46.0 Å². The van der Waals surface area contributed by atoms with Crippen molar-refractivity contribution in [3.8, 4) is 5.75 Å². The van der Waals surface area contributed by atoms with Crippen molar-refractivity contribution in [2.24, 2.45) is 0 Å². The summed E-state index contributed by atoms with van der Waals surface area (Å²) in [6, 6.07) is 10.7. The number of ether oxygens (including phenoxy) is 2. The van der Waals surface area contributed by atoms with E-state index >= 15 is 8.78 Å². The normalized spacial score (nSPS) is 23.2. The molecule has 5 atom stereocenters. The molecule has 1 aliphatic heterocycles. The molecule has 1 aliphatic rings. The number of halogens is 4. The van der Waals surface area contributed by atoms with Crippen LogP contribution < -0.4 is 20.9 Å². The summed E-state index contributed by atoms with van der Waals surface area (Å²) in [6.07, 6.45) is -9.39. The molecule has 5 unspecified atom stereocenters. The molecule has 0 bridgehead atoms. The molecule has 5 N–H and O–H groups in total. The summed E-state index contributed by atoms with van der Waals surface area (Å²) < 4.78 is 83.6. The first-order chi connectivity index (χ1) is 21.6. The van der Waals surface area contributed by atoms with Crippen molar-refractivity contribution in [1.29, 1.82) is 0 Å². The Hall–Kier alpha value is -3.67. The predicted octanol–water partition coefficient (Wildman–Crippen LogP) is 3.63. The van der Waals surface area contributed by atoms with E-state index in [2.05, 4.69) is 20.0 Å². The average Bonchev–Trinajstić information content (AvgIpc) is 3.48. The second kappa shape index (κ2) is 12.5. The number of carbonyl (C=O) groups excluding carboxylic acids is 1. The summed E-state index contributed by atoms with van der Waals surface area (Å²) in [7, 11) is 0. The number of hydrogen-bond acceptors (Lipinski definition) is 11. The Morgan fingerprint density at radius 2 is 1.93 bits per heavy atom. The highest BCUT2D eigenvalue weighted by molar-refractivity contribution is 8.09. The summed E-state index contributed by atoms with van der Waals surface area (Å²) in [5.74, 6) is -5.52. The number of nitrogens with zero attached hydrogens (tertiary/aromatic N) is 3. The molecular weight excluding hydrogens is 659 g/mol. The second-order valence-corrected chi connectivity index (χ2v) is 13.9. The number of nitrogens with two attached hydrogens (primary N) is 1. The average molecular weight is 689 g/mol. The van der Waals surface area contributed by atoms with Gasteiger partial charge >= 0.3 is 18.5 Å². The Kier molecular flexibility index (Phi) is 9.15. The largest absolute Gasteiger partial charge is 0.462 e. The second-order valence-electron chi connectivity index (χ2n) is 10.8. The number of aliphatic hydroxyl groups is 1. The summed E-state index contributed by atoms with van der Waals surface area (Å²) in [5, 5.41) is 14.7. The van der Waals surface area contributed by atoms with Gasteiger partial charge in [-0.3, -0.25) is 19.1 Å². The van der Waals surface area contributed by atoms with Crippen LogP contribution in [0.1, 0.15) is 27.0 Å². The van der Waals surface area contributed by atoms with Crippen molar-refractivity contribution in [3.63, 3.8) is 0 Å². The van der Waals surface area contributed by atoms with Crippen LogP contribution in [0.25, 0.3) is 21.9 Å². The fraction of sp³-hybridized carbons (Fsp3) is 0.407. The number of aromatic nitrogens is 4. The fourth-order valence-electron chi connectivity index (χ4n) is 4.82. The molecule has 0 amide bonds. The minimum atomic E-state index is -4.41. The van der Waals surface area contributed by atoms with Crippen molar-refractivity contribution in [2.45, 2.75) is 63.2 Å². The maximum atomic E-state index is 15.6. The van der Waals surface area contributed by atoms with E-state index in [0.29, 0.717) is 9.95 Å². The van der Waals surface area contributed by atoms with E-state index in [1.165, 1.54) is 13.0 Å². The van der Waals surface area contributed by atoms with Crippen LogP contribution in [0.2, 0.25) is 0 Å². The van der Waals surface area contributed by atoms with Gasteiger partial charge in [0.15, 0.2) is 22.9 Å². The third kappa shape index (κ3) is 6.20. The molecule has 248 valence electrons. The van der Waals surface area contributed by atoms with Crippen LogP contribution >= 0.6 is 6.64 Å². The van der Waals surface area contributed by atoms with Gasteiger partial charge in [0.1, 0.15) is 11.8 Å². The summed E-state index contributed by atoms with van der Waals surface area (Å²) in [4.78, 5) is 34.5. The van der Waals surface area contributed by atoms with Gasteiger partial charge in [-0.25, -0.2) is 18.9 Å². The monoisotopic (exact) mass is 688 g/mol. The van der Waals surface area contributed by atoms with Gasteiger partial charge in [0, 0.05) is 5.39 Å². The number of rotatable bonds is 11. The Morgan fingerprint density at radius 3 is 2.63 bits per heavy atom. The smallest absolute Gasteiger partial charge is 0.323 e. The number of nitrogen functional groups attached to an aromatic ring is 1. The van der Waals surface area contributed by atoms with Crippen molar-refractivity contribution in [3.05, 3.63) is 59.1 Å². The zero-order chi connectivity index (χ0) is 33.6. The minimum absolute atomic E-state index is 0.138. The number of esters is 1. The van der Waals surface area contributed by atoms with Gasteiger partial charge < -0.3 is 29.4 Å². The van der Waals surface area contributed by atoms with Crippen LogP contribution in [0.3, 0.4) is 0 Å². The van der Waals surface area contributed by atoms with E-state index in [0.717, 1.165) is 11.7 Å². The van der Waals surface area contributed by atoms with E-state index in [-0.39, 0.29) is 5.75 Å². The number of benzene rings is 2. The van der Waals surface area contributed by atoms with Crippen LogP contribution in [0, 0.1) is 0 Å². The molecule has 1 fully saturated rings. The SMILES string of the molecule is CC(C)OC(=O)C(C)NP(=S)(OCC1(C(F)F)OC(n2cnc3c(=O)[nH]c(N)nc32)C(F)(F)C1O)Oc1cccc2ccccc12. The highest BCUT2D eigenvalue weighted by Gasteiger charge is 2.71. The lowest BCUT2D eigenvalue weighted by Crippen LogP contribution is -2.54. The summed E-state index contributed by atoms with van der Waals surface area (Å²) in [6.45, 7) is -0.970.